The smallest absolute Gasteiger partial charge is 0.175 e. The lowest BCUT2D eigenvalue weighted by molar-refractivity contribution is 0.414. The van der Waals surface area contributed by atoms with Crippen LogP contribution in [-0.2, 0) is 22.8 Å². The molecule has 0 atom stereocenters. The largest absolute Gasteiger partial charge is 0.497 e. The van der Waals surface area contributed by atoms with E-state index in [1.54, 1.807) is 31.4 Å². The molecule has 2 rings (SSSR count). The zero-order chi connectivity index (χ0) is 18.3. The lowest BCUT2D eigenvalue weighted by Crippen LogP contribution is -2.35. The van der Waals surface area contributed by atoms with E-state index in [1.807, 2.05) is 24.3 Å². The molecule has 7 heteroatoms. The number of sulfone groups is 1. The second-order valence-electron chi connectivity index (χ2n) is 5.62. The zero-order valence-electron chi connectivity index (χ0n) is 14.3. The van der Waals surface area contributed by atoms with Gasteiger partial charge in [0.25, 0.3) is 0 Å². The number of hydrogen-bond acceptors (Lipinski definition) is 4. The summed E-state index contributed by atoms with van der Waals surface area (Å²) in [4.78, 5) is 0.316. The molecular formula is C18H22N2O3S2. The van der Waals surface area contributed by atoms with E-state index in [4.69, 9.17) is 17.0 Å². The first-order valence-corrected chi connectivity index (χ1v) is 10.1. The normalized spacial score (nSPS) is 11.0. The summed E-state index contributed by atoms with van der Waals surface area (Å²) in [6, 6.07) is 14.7. The van der Waals surface area contributed by atoms with E-state index in [-0.39, 0.29) is 0 Å². The number of methoxy groups -OCH3 is 1. The number of ether oxygens (including phenoxy) is 1. The molecule has 0 aliphatic carbocycles. The molecule has 0 saturated heterocycles. The fourth-order valence-corrected chi connectivity index (χ4v) is 3.02. The summed E-state index contributed by atoms with van der Waals surface area (Å²) >= 11 is 5.26. The van der Waals surface area contributed by atoms with E-state index in [0.29, 0.717) is 16.6 Å². The van der Waals surface area contributed by atoms with E-state index in [0.717, 1.165) is 24.3 Å². The van der Waals surface area contributed by atoms with Crippen molar-refractivity contribution < 1.29 is 13.2 Å². The maximum atomic E-state index is 11.4. The van der Waals surface area contributed by atoms with Crippen molar-refractivity contribution in [2.75, 3.05) is 19.9 Å². The van der Waals surface area contributed by atoms with Crippen LogP contribution in [0.2, 0.25) is 0 Å². The Hall–Kier alpha value is -2.12. The van der Waals surface area contributed by atoms with Crippen LogP contribution in [0.5, 0.6) is 5.75 Å². The van der Waals surface area contributed by atoms with Gasteiger partial charge in [-0.1, -0.05) is 24.3 Å². The Bertz CT molecular complexity index is 801. The summed E-state index contributed by atoms with van der Waals surface area (Å²) in [5.41, 5.74) is 2.17. The van der Waals surface area contributed by atoms with Crippen LogP contribution in [0.25, 0.3) is 0 Å². The van der Waals surface area contributed by atoms with Crippen molar-refractivity contribution in [1.29, 1.82) is 0 Å². The molecule has 0 unspecified atom stereocenters. The van der Waals surface area contributed by atoms with Gasteiger partial charge in [0.05, 0.1) is 12.0 Å². The van der Waals surface area contributed by atoms with E-state index in [2.05, 4.69) is 10.6 Å². The van der Waals surface area contributed by atoms with Gasteiger partial charge in [0, 0.05) is 19.3 Å². The fraction of sp³-hybridized carbons (Fsp3) is 0.278. The highest BCUT2D eigenvalue weighted by atomic mass is 32.2. The molecule has 0 fully saturated rings. The Morgan fingerprint density at radius 3 is 2.16 bits per heavy atom. The number of hydrogen-bond donors (Lipinski definition) is 2. The van der Waals surface area contributed by atoms with Crippen LogP contribution in [0.3, 0.4) is 0 Å². The summed E-state index contributed by atoms with van der Waals surface area (Å²) in [5, 5.41) is 6.84. The topological polar surface area (TPSA) is 67.4 Å². The van der Waals surface area contributed by atoms with E-state index in [1.165, 1.54) is 11.8 Å². The van der Waals surface area contributed by atoms with Crippen molar-refractivity contribution >= 4 is 27.2 Å². The SMILES string of the molecule is COc1ccc(CCNC(=S)NCc2ccc(S(C)(=O)=O)cc2)cc1. The fourth-order valence-electron chi connectivity index (χ4n) is 2.21. The van der Waals surface area contributed by atoms with Gasteiger partial charge in [-0.15, -0.1) is 0 Å². The second kappa shape index (κ2) is 8.82. The molecule has 0 aromatic heterocycles. The summed E-state index contributed by atoms with van der Waals surface area (Å²) in [7, 11) is -1.51. The minimum Gasteiger partial charge on any atom is -0.497 e. The number of nitrogens with one attached hydrogen (secondary N) is 2. The third-order valence-corrected chi connectivity index (χ3v) is 5.08. The highest BCUT2D eigenvalue weighted by molar-refractivity contribution is 7.90. The Morgan fingerprint density at radius 2 is 1.60 bits per heavy atom. The predicted octanol–water partition coefficient (Wildman–Crippen LogP) is 2.31. The van der Waals surface area contributed by atoms with E-state index < -0.39 is 9.84 Å². The Labute approximate surface area is 154 Å². The first kappa shape index (κ1) is 19.2. The second-order valence-corrected chi connectivity index (χ2v) is 8.05. The highest BCUT2D eigenvalue weighted by Crippen LogP contribution is 2.11. The van der Waals surface area contributed by atoms with Crippen LogP contribution in [0.4, 0.5) is 0 Å². The molecular weight excluding hydrogens is 356 g/mol. The third-order valence-electron chi connectivity index (χ3n) is 3.66. The average molecular weight is 379 g/mol. The highest BCUT2D eigenvalue weighted by Gasteiger charge is 2.06. The molecule has 0 heterocycles. The monoisotopic (exact) mass is 378 g/mol. The maximum Gasteiger partial charge on any atom is 0.175 e. The quantitative estimate of drug-likeness (QED) is 0.721. The lowest BCUT2D eigenvalue weighted by atomic mass is 10.1. The van der Waals surface area contributed by atoms with Crippen molar-refractivity contribution in [3.8, 4) is 5.75 Å². The first-order chi connectivity index (χ1) is 11.9. The van der Waals surface area contributed by atoms with Gasteiger partial charge < -0.3 is 15.4 Å². The molecule has 25 heavy (non-hydrogen) atoms. The van der Waals surface area contributed by atoms with Crippen LogP contribution < -0.4 is 15.4 Å². The molecule has 0 saturated carbocycles. The molecule has 2 aromatic carbocycles. The molecule has 5 nitrogen and oxygen atoms in total. The maximum absolute atomic E-state index is 11.4. The molecule has 2 aromatic rings. The summed E-state index contributed by atoms with van der Waals surface area (Å²) in [6.07, 6.45) is 2.05. The summed E-state index contributed by atoms with van der Waals surface area (Å²) in [6.45, 7) is 1.27. The van der Waals surface area contributed by atoms with Gasteiger partial charge >= 0.3 is 0 Å². The molecule has 0 spiro atoms. The minimum absolute atomic E-state index is 0.316. The number of thiocarbonyl (C=S) groups is 1. The van der Waals surface area contributed by atoms with Gasteiger partial charge in [0.15, 0.2) is 14.9 Å². The van der Waals surface area contributed by atoms with Gasteiger partial charge in [0.2, 0.25) is 0 Å². The number of benzene rings is 2. The minimum atomic E-state index is -3.16. The lowest BCUT2D eigenvalue weighted by Gasteiger charge is -2.11. The third kappa shape index (κ3) is 6.36. The van der Waals surface area contributed by atoms with Crippen LogP contribution in [0.1, 0.15) is 11.1 Å². The first-order valence-electron chi connectivity index (χ1n) is 7.82. The Kier molecular flexibility index (Phi) is 6.78. The van der Waals surface area contributed by atoms with Crippen LogP contribution in [0.15, 0.2) is 53.4 Å². The van der Waals surface area contributed by atoms with Crippen LogP contribution in [0, 0.1) is 0 Å². The van der Waals surface area contributed by atoms with Gasteiger partial charge in [-0.2, -0.15) is 0 Å². The van der Waals surface area contributed by atoms with E-state index in [9.17, 15) is 8.42 Å². The predicted molar refractivity (Wildman–Crippen MR) is 104 cm³/mol. The Balaban J connectivity index is 1.73. The zero-order valence-corrected chi connectivity index (χ0v) is 15.9. The van der Waals surface area contributed by atoms with Crippen molar-refractivity contribution in [2.45, 2.75) is 17.9 Å². The Morgan fingerprint density at radius 1 is 1.00 bits per heavy atom. The summed E-state index contributed by atoms with van der Waals surface area (Å²) < 4.78 is 28.0. The van der Waals surface area contributed by atoms with Crippen molar-refractivity contribution in [3.63, 3.8) is 0 Å². The molecule has 0 aliphatic rings. The van der Waals surface area contributed by atoms with Crippen molar-refractivity contribution in [3.05, 3.63) is 59.7 Å². The molecule has 0 radical (unpaired) electrons. The molecule has 2 N–H and O–H groups in total. The molecule has 0 amide bonds. The molecule has 0 aliphatic heterocycles. The van der Waals surface area contributed by atoms with E-state index >= 15 is 0 Å². The van der Waals surface area contributed by atoms with Crippen LogP contribution >= 0.6 is 12.2 Å². The number of rotatable bonds is 7. The van der Waals surface area contributed by atoms with Gasteiger partial charge in [-0.25, -0.2) is 8.42 Å². The standard InChI is InChI=1S/C18H22N2O3S2/c1-23-16-7-3-14(4-8-16)11-12-19-18(24)20-13-15-5-9-17(10-6-15)25(2,21)22/h3-10H,11-13H2,1-2H3,(H2,19,20,24). The van der Waals surface area contributed by atoms with Crippen LogP contribution in [-0.4, -0.2) is 33.4 Å². The van der Waals surface area contributed by atoms with Crippen molar-refractivity contribution in [1.82, 2.24) is 10.6 Å². The average Bonchev–Trinajstić information content (AvgIpc) is 2.60. The summed E-state index contributed by atoms with van der Waals surface area (Å²) in [5.74, 6) is 0.843. The van der Waals surface area contributed by atoms with Gasteiger partial charge in [-0.05, 0) is 54.0 Å². The van der Waals surface area contributed by atoms with Gasteiger partial charge in [0.1, 0.15) is 5.75 Å². The molecule has 0 bridgehead atoms. The van der Waals surface area contributed by atoms with Gasteiger partial charge in [-0.3, -0.25) is 0 Å². The molecule has 134 valence electrons. The van der Waals surface area contributed by atoms with Crippen molar-refractivity contribution in [2.24, 2.45) is 0 Å².